The maximum atomic E-state index is 12.3. The lowest BCUT2D eigenvalue weighted by atomic mass is 10.7. The molecule has 0 spiro atoms. The van der Waals surface area contributed by atoms with Crippen LogP contribution in [-0.2, 0) is 0 Å². The highest BCUT2D eigenvalue weighted by Crippen LogP contribution is 2.61. The van der Waals surface area contributed by atoms with E-state index in [1.165, 1.54) is 4.31 Å². The first-order valence-corrected chi connectivity index (χ1v) is 7.36. The van der Waals surface area contributed by atoms with Crippen molar-refractivity contribution < 1.29 is 26.3 Å². The molecule has 0 aliphatic heterocycles. The van der Waals surface area contributed by atoms with Gasteiger partial charge in [-0.25, -0.2) is 4.31 Å². The standard InChI is InChI=1S/C7H10ClF6NS3/c1-3-15(4-2)18-5(8,16-6(9,10)11)17-7(12,13)14/h3-4H2,1-2H3. The maximum Gasteiger partial charge on any atom is 0.445 e. The third-order valence-corrected chi connectivity index (χ3v) is 5.48. The predicted octanol–water partition coefficient (Wildman–Crippen LogP) is 5.33. The van der Waals surface area contributed by atoms with Crippen LogP contribution in [0.4, 0.5) is 26.3 Å². The van der Waals surface area contributed by atoms with Crippen LogP contribution in [-0.4, -0.2) is 31.3 Å². The SMILES string of the molecule is CCN(CC)SC(Cl)(SC(F)(F)F)SC(F)(F)F. The monoisotopic (exact) mass is 353 g/mol. The first kappa shape index (κ1) is 18.9. The van der Waals surface area contributed by atoms with Gasteiger partial charge in [0.05, 0.1) is 0 Å². The Morgan fingerprint density at radius 2 is 1.22 bits per heavy atom. The Balaban J connectivity index is 4.91. The Kier molecular flexibility index (Phi) is 7.40. The van der Waals surface area contributed by atoms with E-state index in [0.717, 1.165) is 0 Å². The molecule has 0 bridgehead atoms. The van der Waals surface area contributed by atoms with Gasteiger partial charge in [0.2, 0.25) is 2.87 Å². The summed E-state index contributed by atoms with van der Waals surface area (Å²) in [5.41, 5.74) is -9.69. The summed E-state index contributed by atoms with van der Waals surface area (Å²) in [4.78, 5) is 0. The summed E-state index contributed by atoms with van der Waals surface area (Å²) in [5, 5.41) is 0. The summed E-state index contributed by atoms with van der Waals surface area (Å²) in [7, 11) is 0. The quantitative estimate of drug-likeness (QED) is 0.274. The fraction of sp³-hybridized carbons (Fsp3) is 1.00. The minimum absolute atomic E-state index is 0.284. The molecule has 0 heterocycles. The van der Waals surface area contributed by atoms with E-state index in [1.54, 1.807) is 13.8 Å². The summed E-state index contributed by atoms with van der Waals surface area (Å²) in [6.07, 6.45) is 0. The van der Waals surface area contributed by atoms with Gasteiger partial charge in [0.15, 0.2) is 0 Å². The van der Waals surface area contributed by atoms with E-state index in [-0.39, 0.29) is 13.1 Å². The van der Waals surface area contributed by atoms with Gasteiger partial charge in [-0.3, -0.25) is 0 Å². The lowest BCUT2D eigenvalue weighted by Gasteiger charge is -2.31. The highest BCUT2D eigenvalue weighted by Gasteiger charge is 2.51. The third kappa shape index (κ3) is 8.89. The van der Waals surface area contributed by atoms with E-state index < -0.39 is 37.4 Å². The molecule has 1 nitrogen and oxygen atoms in total. The molecule has 0 N–H and O–H groups in total. The molecule has 0 fully saturated rings. The Bertz CT molecular complexity index is 239. The summed E-state index contributed by atoms with van der Waals surface area (Å²) >= 11 is 4.04. The van der Waals surface area contributed by atoms with Crippen LogP contribution in [0.5, 0.6) is 0 Å². The largest absolute Gasteiger partial charge is 0.445 e. The molecule has 0 amide bonds. The van der Waals surface area contributed by atoms with Crippen molar-refractivity contribution in [1.82, 2.24) is 4.31 Å². The zero-order chi connectivity index (χ0) is 14.6. The van der Waals surface area contributed by atoms with Crippen LogP contribution in [0.25, 0.3) is 0 Å². The van der Waals surface area contributed by atoms with Gasteiger partial charge < -0.3 is 0 Å². The van der Waals surface area contributed by atoms with Crippen molar-refractivity contribution in [2.75, 3.05) is 13.1 Å². The Morgan fingerprint density at radius 3 is 1.44 bits per heavy atom. The van der Waals surface area contributed by atoms with Crippen LogP contribution < -0.4 is 0 Å². The number of thioether (sulfide) groups is 2. The van der Waals surface area contributed by atoms with Crippen LogP contribution >= 0.6 is 47.1 Å². The smallest absolute Gasteiger partial charge is 0.248 e. The normalized spacial score (nSPS) is 14.3. The fourth-order valence-electron chi connectivity index (χ4n) is 0.841. The Labute approximate surface area is 118 Å². The average molecular weight is 354 g/mol. The molecule has 0 aliphatic rings. The summed E-state index contributed by atoms with van der Waals surface area (Å²) in [5.74, 6) is 0. The molecule has 0 saturated carbocycles. The molecule has 18 heavy (non-hydrogen) atoms. The van der Waals surface area contributed by atoms with Crippen molar-refractivity contribution in [3.63, 3.8) is 0 Å². The lowest BCUT2D eigenvalue weighted by molar-refractivity contribution is -0.0342. The molecule has 0 aromatic heterocycles. The van der Waals surface area contributed by atoms with Crippen molar-refractivity contribution in [3.8, 4) is 0 Å². The summed E-state index contributed by atoms with van der Waals surface area (Å²) in [6.45, 7) is 3.80. The molecule has 0 unspecified atom stereocenters. The molecule has 0 atom stereocenters. The lowest BCUT2D eigenvalue weighted by Crippen LogP contribution is -2.26. The molecule has 110 valence electrons. The van der Waals surface area contributed by atoms with Gasteiger partial charge in [-0.15, -0.1) is 0 Å². The second-order valence-electron chi connectivity index (χ2n) is 2.78. The van der Waals surface area contributed by atoms with E-state index in [1.807, 2.05) is 0 Å². The van der Waals surface area contributed by atoms with Gasteiger partial charge in [0, 0.05) is 13.1 Å². The fourth-order valence-corrected chi connectivity index (χ4v) is 5.01. The zero-order valence-electron chi connectivity index (χ0n) is 9.23. The topological polar surface area (TPSA) is 3.24 Å². The molecule has 0 saturated heterocycles. The molecule has 11 heteroatoms. The molecule has 0 aromatic rings. The summed E-state index contributed by atoms with van der Waals surface area (Å²) in [6, 6.07) is 0. The molecule has 0 aliphatic carbocycles. The van der Waals surface area contributed by atoms with Crippen molar-refractivity contribution in [2.24, 2.45) is 0 Å². The first-order valence-electron chi connectivity index (χ1n) is 4.57. The number of hydrogen-bond donors (Lipinski definition) is 0. The predicted molar refractivity (Wildman–Crippen MR) is 66.4 cm³/mol. The van der Waals surface area contributed by atoms with Crippen LogP contribution in [0.2, 0.25) is 0 Å². The molecular formula is C7H10ClF6NS3. The van der Waals surface area contributed by atoms with Crippen molar-refractivity contribution in [2.45, 2.75) is 27.7 Å². The molecular weight excluding hydrogens is 344 g/mol. The first-order chi connectivity index (χ1) is 7.91. The highest BCUT2D eigenvalue weighted by atomic mass is 35.5. The third-order valence-electron chi connectivity index (χ3n) is 1.42. The summed E-state index contributed by atoms with van der Waals surface area (Å²) < 4.78 is 72.2. The maximum absolute atomic E-state index is 12.3. The van der Waals surface area contributed by atoms with Crippen LogP contribution in [0, 0.1) is 0 Å². The van der Waals surface area contributed by atoms with Crippen molar-refractivity contribution in [3.05, 3.63) is 0 Å². The highest BCUT2D eigenvalue weighted by molar-refractivity contribution is 8.35. The van der Waals surface area contributed by atoms with Crippen LogP contribution in [0.15, 0.2) is 0 Å². The molecule has 0 rings (SSSR count). The minimum Gasteiger partial charge on any atom is -0.248 e. The number of hydrogen-bond acceptors (Lipinski definition) is 4. The molecule has 0 aromatic carbocycles. The van der Waals surface area contributed by atoms with E-state index in [9.17, 15) is 26.3 Å². The van der Waals surface area contributed by atoms with Gasteiger partial charge in [-0.05, 0) is 35.5 Å². The van der Waals surface area contributed by atoms with Gasteiger partial charge in [0.1, 0.15) is 0 Å². The van der Waals surface area contributed by atoms with Crippen molar-refractivity contribution >= 4 is 47.1 Å². The van der Waals surface area contributed by atoms with Crippen molar-refractivity contribution in [1.29, 1.82) is 0 Å². The number of halogens is 7. The second kappa shape index (κ2) is 7.05. The van der Waals surface area contributed by atoms with Crippen LogP contribution in [0.3, 0.4) is 0 Å². The Morgan fingerprint density at radius 1 is 0.889 bits per heavy atom. The molecule has 0 radical (unpaired) electrons. The van der Waals surface area contributed by atoms with E-state index in [0.29, 0.717) is 11.9 Å². The zero-order valence-corrected chi connectivity index (χ0v) is 12.4. The number of rotatable bonds is 6. The van der Waals surface area contributed by atoms with Gasteiger partial charge in [-0.2, -0.15) is 26.3 Å². The van der Waals surface area contributed by atoms with Gasteiger partial charge in [-0.1, -0.05) is 25.4 Å². The number of nitrogens with zero attached hydrogens (tertiary/aromatic N) is 1. The van der Waals surface area contributed by atoms with E-state index in [2.05, 4.69) is 0 Å². The number of alkyl halides is 7. The van der Waals surface area contributed by atoms with E-state index >= 15 is 0 Å². The Hall–Kier alpha value is 0.880. The minimum atomic E-state index is -4.85. The van der Waals surface area contributed by atoms with E-state index in [4.69, 9.17) is 11.6 Å². The second-order valence-corrected chi connectivity index (χ2v) is 8.67. The average Bonchev–Trinajstić information content (AvgIpc) is 2.07. The van der Waals surface area contributed by atoms with Crippen LogP contribution in [0.1, 0.15) is 13.8 Å². The van der Waals surface area contributed by atoms with Gasteiger partial charge >= 0.3 is 11.0 Å². The van der Waals surface area contributed by atoms with Gasteiger partial charge in [0.25, 0.3) is 0 Å².